The molecule has 29 heavy (non-hydrogen) atoms. The van der Waals surface area contributed by atoms with Crippen molar-refractivity contribution >= 4 is 53.4 Å². The van der Waals surface area contributed by atoms with Crippen LogP contribution in [0.3, 0.4) is 0 Å². The Hall–Kier alpha value is -2.22. The third-order valence-electron chi connectivity index (χ3n) is 5.38. The number of nitrogens with zero attached hydrogens (tertiary/aromatic N) is 5. The molecule has 0 radical (unpaired) electrons. The Morgan fingerprint density at radius 2 is 1.24 bits per heavy atom. The molecule has 150 valence electrons. The van der Waals surface area contributed by atoms with E-state index in [0.29, 0.717) is 6.04 Å². The predicted octanol–water partition coefficient (Wildman–Crippen LogP) is 5.43. The lowest BCUT2D eigenvalue weighted by atomic mass is 10.2. The minimum absolute atomic E-state index is 0.452. The van der Waals surface area contributed by atoms with Crippen LogP contribution in [0, 0.1) is 13.8 Å². The first-order valence-electron chi connectivity index (χ1n) is 9.94. The highest BCUT2D eigenvalue weighted by Gasteiger charge is 2.28. The smallest absolute Gasteiger partial charge is 0.188 e. The summed E-state index contributed by atoms with van der Waals surface area (Å²) < 4.78 is 2.51. The maximum Gasteiger partial charge on any atom is 0.188 e. The van der Waals surface area contributed by atoms with Crippen molar-refractivity contribution in [2.75, 3.05) is 29.8 Å². The zero-order valence-corrected chi connectivity index (χ0v) is 18.8. The number of hydrogen-bond donors (Lipinski definition) is 0. The van der Waals surface area contributed by atoms with Gasteiger partial charge in [-0.1, -0.05) is 34.8 Å². The molecule has 4 aromatic rings. The molecule has 0 N–H and O–H groups in total. The van der Waals surface area contributed by atoms with E-state index in [9.17, 15) is 0 Å². The minimum Gasteiger partial charge on any atom is -0.317 e. The second-order valence-electron chi connectivity index (χ2n) is 8.12. The van der Waals surface area contributed by atoms with Gasteiger partial charge in [-0.05, 0) is 63.1 Å². The standard InChI is InChI=1S/C22H25N5S2/c1-14(2)25-11-26(21-23-17-7-5-15(3)9-19(17)28-21)13-27(12-25)22-24-18-8-6-16(4)10-20(18)29-22/h5-10,14H,11-13H2,1-4H3. The molecule has 3 heterocycles. The Kier molecular flexibility index (Phi) is 4.69. The van der Waals surface area contributed by atoms with Crippen LogP contribution in [-0.4, -0.2) is 40.9 Å². The van der Waals surface area contributed by atoms with E-state index >= 15 is 0 Å². The molecule has 0 saturated carbocycles. The van der Waals surface area contributed by atoms with E-state index in [2.05, 4.69) is 78.8 Å². The summed E-state index contributed by atoms with van der Waals surface area (Å²) in [5, 5.41) is 2.16. The SMILES string of the molecule is Cc1ccc2nc(N3CN(c4nc5ccc(C)cc5s4)CN(C(C)C)C3)sc2c1. The molecule has 0 amide bonds. The van der Waals surface area contributed by atoms with Crippen LogP contribution < -0.4 is 9.80 Å². The predicted molar refractivity (Wildman–Crippen MR) is 125 cm³/mol. The molecule has 0 spiro atoms. The molecule has 0 aliphatic carbocycles. The van der Waals surface area contributed by atoms with Gasteiger partial charge < -0.3 is 9.80 Å². The summed E-state index contributed by atoms with van der Waals surface area (Å²) >= 11 is 3.56. The van der Waals surface area contributed by atoms with Crippen LogP contribution in [0.15, 0.2) is 36.4 Å². The van der Waals surface area contributed by atoms with Crippen LogP contribution in [0.2, 0.25) is 0 Å². The van der Waals surface area contributed by atoms with Gasteiger partial charge in [0, 0.05) is 6.04 Å². The fourth-order valence-corrected chi connectivity index (χ4v) is 5.75. The van der Waals surface area contributed by atoms with Crippen molar-refractivity contribution in [2.45, 2.75) is 33.7 Å². The van der Waals surface area contributed by atoms with Gasteiger partial charge in [0.1, 0.15) is 0 Å². The summed E-state index contributed by atoms with van der Waals surface area (Å²) in [6, 6.07) is 13.4. The number of aromatic nitrogens is 2. The first kappa shape index (κ1) is 18.8. The maximum absolute atomic E-state index is 4.93. The third kappa shape index (κ3) is 3.58. The van der Waals surface area contributed by atoms with Crippen molar-refractivity contribution in [1.29, 1.82) is 0 Å². The molecule has 1 saturated heterocycles. The first-order chi connectivity index (χ1) is 14.0. The van der Waals surface area contributed by atoms with Crippen LogP contribution in [0.25, 0.3) is 20.4 Å². The van der Waals surface area contributed by atoms with Gasteiger partial charge in [-0.15, -0.1) is 0 Å². The van der Waals surface area contributed by atoms with E-state index in [1.54, 1.807) is 22.7 Å². The average molecular weight is 424 g/mol. The van der Waals surface area contributed by atoms with Crippen LogP contribution in [-0.2, 0) is 0 Å². The number of aryl methyl sites for hydroxylation is 2. The fourth-order valence-electron chi connectivity index (χ4n) is 3.66. The summed E-state index contributed by atoms with van der Waals surface area (Å²) in [5.41, 5.74) is 4.72. The lowest BCUT2D eigenvalue weighted by molar-refractivity contribution is 0.196. The van der Waals surface area contributed by atoms with Crippen molar-refractivity contribution in [3.63, 3.8) is 0 Å². The fraction of sp³-hybridized carbons (Fsp3) is 0.364. The van der Waals surface area contributed by atoms with Crippen LogP contribution in [0.4, 0.5) is 10.3 Å². The van der Waals surface area contributed by atoms with Gasteiger partial charge >= 0.3 is 0 Å². The second-order valence-corrected chi connectivity index (χ2v) is 10.1. The molecule has 1 aliphatic rings. The molecular weight excluding hydrogens is 398 g/mol. The molecular formula is C22H25N5S2. The molecule has 0 bridgehead atoms. The van der Waals surface area contributed by atoms with Crippen molar-refractivity contribution in [3.05, 3.63) is 47.5 Å². The van der Waals surface area contributed by atoms with E-state index in [4.69, 9.17) is 9.97 Å². The largest absolute Gasteiger partial charge is 0.317 e. The van der Waals surface area contributed by atoms with E-state index in [1.165, 1.54) is 20.5 Å². The molecule has 1 fully saturated rings. The molecule has 5 rings (SSSR count). The number of anilines is 2. The van der Waals surface area contributed by atoms with Crippen molar-refractivity contribution in [1.82, 2.24) is 14.9 Å². The number of fused-ring (bicyclic) bond motifs is 2. The Bertz CT molecular complexity index is 1090. The normalized spacial score (nSPS) is 15.9. The van der Waals surface area contributed by atoms with Crippen LogP contribution in [0.1, 0.15) is 25.0 Å². The quantitative estimate of drug-likeness (QED) is 0.439. The van der Waals surface area contributed by atoms with Crippen LogP contribution in [0.5, 0.6) is 0 Å². The highest BCUT2D eigenvalue weighted by atomic mass is 32.1. The summed E-state index contributed by atoms with van der Waals surface area (Å²) in [7, 11) is 0. The lowest BCUT2D eigenvalue weighted by Gasteiger charge is -2.43. The lowest BCUT2D eigenvalue weighted by Crippen LogP contribution is -2.57. The van der Waals surface area contributed by atoms with E-state index in [0.717, 1.165) is 41.3 Å². The van der Waals surface area contributed by atoms with Gasteiger partial charge in [0.15, 0.2) is 10.3 Å². The minimum atomic E-state index is 0.452. The summed E-state index contributed by atoms with van der Waals surface area (Å²) in [4.78, 5) is 17.1. The maximum atomic E-state index is 4.93. The summed E-state index contributed by atoms with van der Waals surface area (Å²) in [6.07, 6.45) is 0. The Balaban J connectivity index is 1.50. The third-order valence-corrected chi connectivity index (χ3v) is 7.54. The average Bonchev–Trinajstić information content (AvgIpc) is 3.30. The number of thiazole rings is 2. The second kappa shape index (κ2) is 7.23. The summed E-state index contributed by atoms with van der Waals surface area (Å²) in [6.45, 7) is 11.4. The Morgan fingerprint density at radius 1 is 0.759 bits per heavy atom. The van der Waals surface area contributed by atoms with Crippen molar-refractivity contribution in [3.8, 4) is 0 Å². The van der Waals surface area contributed by atoms with Crippen LogP contribution >= 0.6 is 22.7 Å². The molecule has 2 aromatic heterocycles. The molecule has 1 aliphatic heterocycles. The Labute approximate surface area is 179 Å². The number of benzene rings is 2. The van der Waals surface area contributed by atoms with E-state index < -0.39 is 0 Å². The van der Waals surface area contributed by atoms with E-state index in [1.807, 2.05) is 0 Å². The van der Waals surface area contributed by atoms with Gasteiger partial charge in [0.05, 0.1) is 40.4 Å². The van der Waals surface area contributed by atoms with Gasteiger partial charge in [-0.25, -0.2) is 9.97 Å². The molecule has 5 nitrogen and oxygen atoms in total. The summed E-state index contributed by atoms with van der Waals surface area (Å²) in [5.74, 6) is 0. The zero-order valence-electron chi connectivity index (χ0n) is 17.2. The van der Waals surface area contributed by atoms with Gasteiger partial charge in [-0.3, -0.25) is 4.90 Å². The topological polar surface area (TPSA) is 35.5 Å². The highest BCUT2D eigenvalue weighted by Crippen LogP contribution is 2.34. The molecule has 7 heteroatoms. The van der Waals surface area contributed by atoms with Crippen molar-refractivity contribution < 1.29 is 0 Å². The molecule has 2 aromatic carbocycles. The number of hydrogen-bond acceptors (Lipinski definition) is 7. The molecule has 0 atom stereocenters. The van der Waals surface area contributed by atoms with Gasteiger partial charge in [0.25, 0.3) is 0 Å². The highest BCUT2D eigenvalue weighted by molar-refractivity contribution is 7.22. The van der Waals surface area contributed by atoms with E-state index in [-0.39, 0.29) is 0 Å². The Morgan fingerprint density at radius 3 is 1.69 bits per heavy atom. The van der Waals surface area contributed by atoms with Gasteiger partial charge in [0.2, 0.25) is 0 Å². The monoisotopic (exact) mass is 423 g/mol. The van der Waals surface area contributed by atoms with Gasteiger partial charge in [-0.2, -0.15) is 0 Å². The molecule has 0 unspecified atom stereocenters. The van der Waals surface area contributed by atoms with Crippen molar-refractivity contribution in [2.24, 2.45) is 0 Å². The zero-order chi connectivity index (χ0) is 20.1. The number of rotatable bonds is 3. The first-order valence-corrected chi connectivity index (χ1v) is 11.6.